The molecule has 1 fully saturated rings. The fourth-order valence-corrected chi connectivity index (χ4v) is 2.93. The molecule has 1 aromatic carbocycles. The summed E-state index contributed by atoms with van der Waals surface area (Å²) in [4.78, 5) is 14.7. The first-order valence-electron chi connectivity index (χ1n) is 6.31. The summed E-state index contributed by atoms with van der Waals surface area (Å²) in [7, 11) is 3.15. The van der Waals surface area contributed by atoms with Gasteiger partial charge in [-0.1, -0.05) is 15.9 Å². The van der Waals surface area contributed by atoms with E-state index in [1.807, 2.05) is 4.90 Å². The van der Waals surface area contributed by atoms with E-state index in [-0.39, 0.29) is 5.91 Å². The molecule has 5 heteroatoms. The number of rotatable bonds is 3. The molecule has 1 aromatic rings. The zero-order chi connectivity index (χ0) is 13.8. The average molecular weight is 328 g/mol. The summed E-state index contributed by atoms with van der Waals surface area (Å²) in [6, 6.07) is 5.28. The van der Waals surface area contributed by atoms with Crippen LogP contribution in [0.2, 0.25) is 0 Å². The van der Waals surface area contributed by atoms with Crippen LogP contribution in [-0.4, -0.2) is 42.9 Å². The lowest BCUT2D eigenvalue weighted by molar-refractivity contribution is 0.0729. The minimum absolute atomic E-state index is 0.0464. The van der Waals surface area contributed by atoms with Crippen molar-refractivity contribution in [2.24, 2.45) is 0 Å². The van der Waals surface area contributed by atoms with Gasteiger partial charge in [0, 0.05) is 23.5 Å². The Morgan fingerprint density at radius 3 is 2.68 bits per heavy atom. The molecule has 0 bridgehead atoms. The van der Waals surface area contributed by atoms with Crippen molar-refractivity contribution in [2.45, 2.75) is 17.7 Å². The Bertz CT molecular complexity index is 464. The molecule has 1 amide bonds. The van der Waals surface area contributed by atoms with Crippen molar-refractivity contribution in [2.75, 3.05) is 27.3 Å². The number of piperidine rings is 1. The van der Waals surface area contributed by atoms with Crippen LogP contribution >= 0.6 is 15.9 Å². The molecule has 0 aliphatic carbocycles. The fourth-order valence-electron chi connectivity index (χ4n) is 2.26. The highest BCUT2D eigenvalue weighted by atomic mass is 79.9. The number of carbonyl (C=O) groups is 1. The number of benzene rings is 1. The lowest BCUT2D eigenvalue weighted by atomic mass is 10.1. The molecule has 0 aromatic heterocycles. The van der Waals surface area contributed by atoms with E-state index in [2.05, 4.69) is 15.9 Å². The number of methoxy groups -OCH3 is 2. The van der Waals surface area contributed by atoms with E-state index in [1.165, 1.54) is 0 Å². The second-order valence-electron chi connectivity index (χ2n) is 4.56. The van der Waals surface area contributed by atoms with Crippen molar-refractivity contribution in [1.82, 2.24) is 4.90 Å². The van der Waals surface area contributed by atoms with E-state index in [0.29, 0.717) is 21.9 Å². The Labute approximate surface area is 121 Å². The van der Waals surface area contributed by atoms with Gasteiger partial charge < -0.3 is 14.4 Å². The molecule has 1 aliphatic rings. The van der Waals surface area contributed by atoms with Crippen molar-refractivity contribution in [3.8, 4) is 11.5 Å². The van der Waals surface area contributed by atoms with Gasteiger partial charge in [-0.05, 0) is 31.0 Å². The van der Waals surface area contributed by atoms with Gasteiger partial charge in [0.1, 0.15) is 0 Å². The van der Waals surface area contributed by atoms with Gasteiger partial charge >= 0.3 is 0 Å². The predicted octanol–water partition coefficient (Wildman–Crippen LogP) is 2.70. The van der Waals surface area contributed by atoms with Crippen LogP contribution in [0.1, 0.15) is 23.2 Å². The summed E-state index contributed by atoms with van der Waals surface area (Å²) < 4.78 is 10.4. The Morgan fingerprint density at radius 1 is 1.32 bits per heavy atom. The molecule has 1 aliphatic heterocycles. The molecule has 0 saturated carbocycles. The maximum atomic E-state index is 12.4. The summed E-state index contributed by atoms with van der Waals surface area (Å²) >= 11 is 3.58. The number of ether oxygens (including phenoxy) is 2. The minimum Gasteiger partial charge on any atom is -0.493 e. The number of nitrogens with zero attached hydrogens (tertiary/aromatic N) is 1. The van der Waals surface area contributed by atoms with Gasteiger partial charge in [-0.2, -0.15) is 0 Å². The first-order valence-corrected chi connectivity index (χ1v) is 7.22. The SMILES string of the molecule is COc1ccc(C(=O)N2CCCC(Br)C2)cc1OC. The Hall–Kier alpha value is -1.23. The standard InChI is InChI=1S/C14H18BrNO3/c1-18-12-6-5-10(8-13(12)19-2)14(17)16-7-3-4-11(15)9-16/h5-6,8,11H,3-4,7,9H2,1-2H3. The lowest BCUT2D eigenvalue weighted by Crippen LogP contribution is -2.40. The molecule has 104 valence electrons. The van der Waals surface area contributed by atoms with Crippen molar-refractivity contribution in [3.05, 3.63) is 23.8 Å². The van der Waals surface area contributed by atoms with Crippen LogP contribution in [0.4, 0.5) is 0 Å². The monoisotopic (exact) mass is 327 g/mol. The predicted molar refractivity (Wildman–Crippen MR) is 77.4 cm³/mol. The summed E-state index contributed by atoms with van der Waals surface area (Å²) in [6.45, 7) is 1.57. The second kappa shape index (κ2) is 6.28. The molecule has 0 N–H and O–H groups in total. The summed E-state index contributed by atoms with van der Waals surface area (Å²) in [5, 5.41) is 0. The van der Waals surface area contributed by atoms with Crippen molar-refractivity contribution >= 4 is 21.8 Å². The molecule has 2 rings (SSSR count). The van der Waals surface area contributed by atoms with Crippen LogP contribution in [0.15, 0.2) is 18.2 Å². The zero-order valence-corrected chi connectivity index (χ0v) is 12.8. The van der Waals surface area contributed by atoms with Gasteiger partial charge in [0.15, 0.2) is 11.5 Å². The second-order valence-corrected chi connectivity index (χ2v) is 5.86. The van der Waals surface area contributed by atoms with Crippen LogP contribution in [0.3, 0.4) is 0 Å². The quantitative estimate of drug-likeness (QED) is 0.801. The van der Waals surface area contributed by atoms with Crippen molar-refractivity contribution < 1.29 is 14.3 Å². The molecule has 1 unspecified atom stereocenters. The average Bonchev–Trinajstić information content (AvgIpc) is 2.45. The number of amides is 1. The van der Waals surface area contributed by atoms with Crippen LogP contribution in [0.25, 0.3) is 0 Å². The maximum absolute atomic E-state index is 12.4. The number of likely N-dealkylation sites (tertiary alicyclic amines) is 1. The zero-order valence-electron chi connectivity index (χ0n) is 11.2. The summed E-state index contributed by atoms with van der Waals surface area (Å²) in [5.74, 6) is 1.27. The normalized spacial score (nSPS) is 19.1. The van der Waals surface area contributed by atoms with E-state index in [1.54, 1.807) is 32.4 Å². The minimum atomic E-state index is 0.0464. The van der Waals surface area contributed by atoms with Gasteiger partial charge in [0.05, 0.1) is 14.2 Å². The van der Waals surface area contributed by atoms with E-state index in [4.69, 9.17) is 9.47 Å². The molecule has 1 saturated heterocycles. The molecule has 1 heterocycles. The third-order valence-corrected chi connectivity index (χ3v) is 4.03. The third kappa shape index (κ3) is 3.21. The van der Waals surface area contributed by atoms with Crippen LogP contribution in [0.5, 0.6) is 11.5 Å². The topological polar surface area (TPSA) is 38.8 Å². The fraction of sp³-hybridized carbons (Fsp3) is 0.500. The van der Waals surface area contributed by atoms with Gasteiger partial charge in [-0.3, -0.25) is 4.79 Å². The van der Waals surface area contributed by atoms with Crippen LogP contribution < -0.4 is 9.47 Å². The van der Waals surface area contributed by atoms with E-state index >= 15 is 0 Å². The molecular formula is C14H18BrNO3. The van der Waals surface area contributed by atoms with E-state index < -0.39 is 0 Å². The van der Waals surface area contributed by atoms with Gasteiger partial charge in [0.25, 0.3) is 5.91 Å². The number of halogens is 1. The Morgan fingerprint density at radius 2 is 2.05 bits per heavy atom. The number of hydrogen-bond acceptors (Lipinski definition) is 3. The largest absolute Gasteiger partial charge is 0.493 e. The number of carbonyl (C=O) groups excluding carboxylic acids is 1. The molecule has 19 heavy (non-hydrogen) atoms. The highest BCUT2D eigenvalue weighted by Gasteiger charge is 2.23. The van der Waals surface area contributed by atoms with Gasteiger partial charge in [-0.15, -0.1) is 0 Å². The maximum Gasteiger partial charge on any atom is 0.254 e. The summed E-state index contributed by atoms with van der Waals surface area (Å²) in [5.41, 5.74) is 0.638. The Kier molecular flexibility index (Phi) is 4.69. The molecule has 0 radical (unpaired) electrons. The van der Waals surface area contributed by atoms with Crippen LogP contribution in [-0.2, 0) is 0 Å². The third-order valence-electron chi connectivity index (χ3n) is 3.28. The van der Waals surface area contributed by atoms with Crippen LogP contribution in [0, 0.1) is 0 Å². The van der Waals surface area contributed by atoms with E-state index in [9.17, 15) is 4.79 Å². The highest BCUT2D eigenvalue weighted by Crippen LogP contribution is 2.28. The van der Waals surface area contributed by atoms with Gasteiger partial charge in [0.2, 0.25) is 0 Å². The highest BCUT2D eigenvalue weighted by molar-refractivity contribution is 9.09. The summed E-state index contributed by atoms with van der Waals surface area (Å²) in [6.07, 6.45) is 2.16. The number of hydrogen-bond donors (Lipinski definition) is 0. The van der Waals surface area contributed by atoms with Crippen molar-refractivity contribution in [3.63, 3.8) is 0 Å². The van der Waals surface area contributed by atoms with Crippen molar-refractivity contribution in [1.29, 1.82) is 0 Å². The molecular weight excluding hydrogens is 310 g/mol. The lowest BCUT2D eigenvalue weighted by Gasteiger charge is -2.30. The first kappa shape index (κ1) is 14.2. The Balaban J connectivity index is 2.19. The number of alkyl halides is 1. The molecule has 1 atom stereocenters. The van der Waals surface area contributed by atoms with E-state index in [0.717, 1.165) is 25.9 Å². The smallest absolute Gasteiger partial charge is 0.254 e. The molecule has 0 spiro atoms. The first-order chi connectivity index (χ1) is 9.15. The molecule has 4 nitrogen and oxygen atoms in total. The van der Waals surface area contributed by atoms with Gasteiger partial charge in [-0.25, -0.2) is 0 Å².